The number of para-hydroxylation sites is 1. The van der Waals surface area contributed by atoms with Crippen LogP contribution in [0.1, 0.15) is 35.7 Å². The Labute approximate surface area is 132 Å². The van der Waals surface area contributed by atoms with Crippen LogP contribution in [0.3, 0.4) is 0 Å². The summed E-state index contributed by atoms with van der Waals surface area (Å²) in [6.45, 7) is 5.00. The maximum atomic E-state index is 6.20. The number of nitrogens with one attached hydrogen (secondary N) is 1. The first kappa shape index (κ1) is 14.5. The van der Waals surface area contributed by atoms with Crippen LogP contribution in [0.25, 0.3) is 11.0 Å². The molecular weight excluding hydrogens is 306 g/mol. The lowest BCUT2D eigenvalue weighted by atomic mass is 10.1. The van der Waals surface area contributed by atoms with Gasteiger partial charge in [-0.1, -0.05) is 35.1 Å². The molecule has 1 unspecified atom stereocenters. The molecule has 21 heavy (non-hydrogen) atoms. The predicted molar refractivity (Wildman–Crippen MR) is 86.0 cm³/mol. The first-order valence-electron chi connectivity index (χ1n) is 6.91. The van der Waals surface area contributed by atoms with Crippen molar-refractivity contribution in [3.8, 4) is 0 Å². The van der Waals surface area contributed by atoms with E-state index in [2.05, 4.69) is 21.8 Å². The van der Waals surface area contributed by atoms with Crippen molar-refractivity contribution in [2.75, 3.05) is 6.54 Å². The lowest BCUT2D eigenvalue weighted by Gasteiger charge is -2.14. The van der Waals surface area contributed by atoms with Crippen LogP contribution in [0.5, 0.6) is 0 Å². The minimum Gasteiger partial charge on any atom is -0.457 e. The Morgan fingerprint density at radius 3 is 2.95 bits per heavy atom. The van der Waals surface area contributed by atoms with Gasteiger partial charge in [-0.15, -0.1) is 5.10 Å². The smallest absolute Gasteiger partial charge is 0.152 e. The third kappa shape index (κ3) is 2.81. The standard InChI is InChI=1S/C15H16ClN3OS/c1-3-7-17-13(15-9(2)18-19-21-15)12-8-10-5-4-6-11(16)14(10)20-12/h4-6,8,13,17H,3,7H2,1-2H3. The summed E-state index contributed by atoms with van der Waals surface area (Å²) in [5, 5.41) is 9.25. The Balaban J connectivity index is 2.05. The molecule has 1 atom stereocenters. The van der Waals surface area contributed by atoms with E-state index in [4.69, 9.17) is 16.0 Å². The van der Waals surface area contributed by atoms with Crippen molar-refractivity contribution in [1.29, 1.82) is 0 Å². The molecule has 0 radical (unpaired) electrons. The van der Waals surface area contributed by atoms with Crippen LogP contribution in [0.4, 0.5) is 0 Å². The lowest BCUT2D eigenvalue weighted by molar-refractivity contribution is 0.472. The molecule has 110 valence electrons. The monoisotopic (exact) mass is 321 g/mol. The molecule has 1 N–H and O–H groups in total. The van der Waals surface area contributed by atoms with E-state index in [0.29, 0.717) is 5.02 Å². The quantitative estimate of drug-likeness (QED) is 0.759. The van der Waals surface area contributed by atoms with Crippen LogP contribution in [-0.2, 0) is 0 Å². The van der Waals surface area contributed by atoms with Gasteiger partial charge in [0.25, 0.3) is 0 Å². The Hall–Kier alpha value is -1.43. The second-order valence-corrected chi connectivity index (χ2v) is 6.11. The average molecular weight is 322 g/mol. The van der Waals surface area contributed by atoms with Gasteiger partial charge >= 0.3 is 0 Å². The molecular formula is C15H16ClN3OS. The van der Waals surface area contributed by atoms with Crippen LogP contribution in [0, 0.1) is 6.92 Å². The molecule has 0 saturated heterocycles. The molecule has 0 fully saturated rings. The van der Waals surface area contributed by atoms with E-state index in [9.17, 15) is 0 Å². The summed E-state index contributed by atoms with van der Waals surface area (Å²) < 4.78 is 10.0. The molecule has 2 heterocycles. The molecule has 0 saturated carbocycles. The highest BCUT2D eigenvalue weighted by Gasteiger charge is 2.23. The van der Waals surface area contributed by atoms with Crippen LogP contribution < -0.4 is 5.32 Å². The van der Waals surface area contributed by atoms with Gasteiger partial charge in [0.1, 0.15) is 11.8 Å². The zero-order valence-electron chi connectivity index (χ0n) is 11.9. The van der Waals surface area contributed by atoms with Gasteiger partial charge < -0.3 is 9.73 Å². The first-order chi connectivity index (χ1) is 10.2. The van der Waals surface area contributed by atoms with E-state index in [0.717, 1.165) is 40.3 Å². The SMILES string of the molecule is CCCNC(c1cc2cccc(Cl)c2o1)c1snnc1C. The Morgan fingerprint density at radius 1 is 1.43 bits per heavy atom. The fourth-order valence-electron chi connectivity index (χ4n) is 2.30. The fraction of sp³-hybridized carbons (Fsp3) is 0.333. The number of fused-ring (bicyclic) bond motifs is 1. The molecule has 4 nitrogen and oxygen atoms in total. The van der Waals surface area contributed by atoms with Crippen molar-refractivity contribution in [2.24, 2.45) is 0 Å². The molecule has 3 aromatic rings. The maximum absolute atomic E-state index is 6.20. The summed E-state index contributed by atoms with van der Waals surface area (Å²) in [7, 11) is 0. The summed E-state index contributed by atoms with van der Waals surface area (Å²) in [6, 6.07) is 7.77. The second-order valence-electron chi connectivity index (χ2n) is 4.92. The van der Waals surface area contributed by atoms with Gasteiger partial charge in [-0.25, -0.2) is 0 Å². The van der Waals surface area contributed by atoms with Crippen molar-refractivity contribution >= 4 is 34.1 Å². The van der Waals surface area contributed by atoms with E-state index in [1.165, 1.54) is 11.5 Å². The summed E-state index contributed by atoms with van der Waals surface area (Å²) in [5.74, 6) is 0.848. The minimum absolute atomic E-state index is 0.0339. The number of hydrogen-bond acceptors (Lipinski definition) is 5. The molecule has 2 aromatic heterocycles. The van der Waals surface area contributed by atoms with Gasteiger partial charge in [0.05, 0.1) is 15.6 Å². The van der Waals surface area contributed by atoms with E-state index in [-0.39, 0.29) is 6.04 Å². The summed E-state index contributed by atoms with van der Waals surface area (Å²) in [6.07, 6.45) is 1.04. The van der Waals surface area contributed by atoms with Gasteiger partial charge in [0.15, 0.2) is 5.58 Å². The van der Waals surface area contributed by atoms with E-state index >= 15 is 0 Å². The largest absolute Gasteiger partial charge is 0.457 e. The van der Waals surface area contributed by atoms with Crippen molar-refractivity contribution in [1.82, 2.24) is 14.9 Å². The van der Waals surface area contributed by atoms with E-state index in [1.54, 1.807) is 0 Å². The summed E-state index contributed by atoms with van der Waals surface area (Å²) >= 11 is 7.60. The third-order valence-electron chi connectivity index (χ3n) is 3.35. The van der Waals surface area contributed by atoms with Crippen LogP contribution >= 0.6 is 23.1 Å². The molecule has 3 rings (SSSR count). The highest BCUT2D eigenvalue weighted by atomic mass is 35.5. The fourth-order valence-corrected chi connectivity index (χ4v) is 3.25. The Kier molecular flexibility index (Phi) is 4.24. The van der Waals surface area contributed by atoms with Crippen LogP contribution in [-0.4, -0.2) is 16.1 Å². The second kappa shape index (κ2) is 6.13. The first-order valence-corrected chi connectivity index (χ1v) is 8.06. The number of hydrogen-bond donors (Lipinski definition) is 1. The summed E-state index contributed by atoms with van der Waals surface area (Å²) in [5.41, 5.74) is 1.66. The molecule has 0 aliphatic heterocycles. The zero-order valence-corrected chi connectivity index (χ0v) is 13.5. The van der Waals surface area contributed by atoms with Crippen molar-refractivity contribution in [2.45, 2.75) is 26.3 Å². The highest BCUT2D eigenvalue weighted by Crippen LogP contribution is 2.33. The molecule has 0 bridgehead atoms. The van der Waals surface area contributed by atoms with Crippen molar-refractivity contribution in [3.63, 3.8) is 0 Å². The normalized spacial score (nSPS) is 12.9. The van der Waals surface area contributed by atoms with Gasteiger partial charge in [0.2, 0.25) is 0 Å². The van der Waals surface area contributed by atoms with E-state index < -0.39 is 0 Å². The van der Waals surface area contributed by atoms with E-state index in [1.807, 2.05) is 31.2 Å². The molecule has 1 aromatic carbocycles. The number of aromatic nitrogens is 2. The topological polar surface area (TPSA) is 51.0 Å². The maximum Gasteiger partial charge on any atom is 0.152 e. The Bertz CT molecular complexity index is 752. The number of rotatable bonds is 5. The van der Waals surface area contributed by atoms with Gasteiger partial charge in [-0.05, 0) is 43.6 Å². The van der Waals surface area contributed by atoms with Gasteiger partial charge in [-0.3, -0.25) is 0 Å². The lowest BCUT2D eigenvalue weighted by Crippen LogP contribution is -2.22. The number of furan rings is 1. The van der Waals surface area contributed by atoms with Gasteiger partial charge in [-0.2, -0.15) is 0 Å². The third-order valence-corrected chi connectivity index (χ3v) is 4.54. The molecule has 0 spiro atoms. The highest BCUT2D eigenvalue weighted by molar-refractivity contribution is 7.05. The Morgan fingerprint density at radius 2 is 2.29 bits per heavy atom. The number of benzene rings is 1. The molecule has 0 aliphatic carbocycles. The molecule has 0 amide bonds. The number of aryl methyl sites for hydroxylation is 1. The van der Waals surface area contributed by atoms with Crippen molar-refractivity contribution in [3.05, 3.63) is 45.6 Å². The molecule has 6 heteroatoms. The minimum atomic E-state index is -0.0339. The zero-order chi connectivity index (χ0) is 14.8. The predicted octanol–water partition coefficient (Wildman–Crippen LogP) is 4.34. The molecule has 0 aliphatic rings. The van der Waals surface area contributed by atoms with Crippen LogP contribution in [0.15, 0.2) is 28.7 Å². The summed E-state index contributed by atoms with van der Waals surface area (Å²) in [4.78, 5) is 1.08. The van der Waals surface area contributed by atoms with Gasteiger partial charge in [0, 0.05) is 5.39 Å². The average Bonchev–Trinajstić information content (AvgIpc) is 3.07. The van der Waals surface area contributed by atoms with Crippen LogP contribution in [0.2, 0.25) is 5.02 Å². The number of nitrogens with zero attached hydrogens (tertiary/aromatic N) is 2. The van der Waals surface area contributed by atoms with Crippen molar-refractivity contribution < 1.29 is 4.42 Å². The number of halogens is 1.